The molecule has 186 valence electrons. The van der Waals surface area contributed by atoms with Crippen molar-refractivity contribution in [1.82, 2.24) is 20.9 Å². The number of rotatable bonds is 11. The average molecular weight is 478 g/mol. The lowest BCUT2D eigenvalue weighted by atomic mass is 10.1. The topological polar surface area (TPSA) is 128 Å². The third kappa shape index (κ3) is 9.55. The van der Waals surface area contributed by atoms with Crippen molar-refractivity contribution in [2.75, 3.05) is 45.1 Å². The van der Waals surface area contributed by atoms with Gasteiger partial charge in [0.1, 0.15) is 5.75 Å². The third-order valence-electron chi connectivity index (χ3n) is 5.62. The minimum absolute atomic E-state index is 0.206. The first-order chi connectivity index (χ1) is 17.1. The molecule has 0 unspecified atom stereocenters. The van der Waals surface area contributed by atoms with Gasteiger partial charge in [0.15, 0.2) is 6.19 Å². The summed E-state index contributed by atoms with van der Waals surface area (Å²) in [6.07, 6.45) is 6.49. The maximum absolute atomic E-state index is 12.1. The van der Waals surface area contributed by atoms with E-state index >= 15 is 0 Å². The van der Waals surface area contributed by atoms with Crippen molar-refractivity contribution in [1.29, 1.82) is 5.26 Å². The highest BCUT2D eigenvalue weighted by Gasteiger charge is 2.10. The van der Waals surface area contributed by atoms with Gasteiger partial charge in [-0.3, -0.25) is 20.0 Å². The van der Waals surface area contributed by atoms with E-state index in [9.17, 15) is 4.79 Å². The number of carbonyl (C=O) groups is 1. The van der Waals surface area contributed by atoms with Gasteiger partial charge in [-0.05, 0) is 61.8 Å². The number of hydrogen-bond acceptors (Lipinski definition) is 6. The first-order valence-electron chi connectivity index (χ1n) is 12.2. The van der Waals surface area contributed by atoms with E-state index in [0.29, 0.717) is 49.9 Å². The van der Waals surface area contributed by atoms with Crippen LogP contribution in [-0.2, 0) is 6.54 Å². The Hall–Kier alpha value is -3.77. The predicted octanol–water partition coefficient (Wildman–Crippen LogP) is 2.47. The normalized spacial score (nSPS) is 14.1. The molecule has 2 aromatic carbocycles. The number of carbonyl (C=O) groups excluding carboxylic acids is 1. The van der Waals surface area contributed by atoms with E-state index in [2.05, 4.69) is 38.0 Å². The van der Waals surface area contributed by atoms with E-state index < -0.39 is 0 Å². The third-order valence-corrected chi connectivity index (χ3v) is 5.62. The fraction of sp³-hybridized carbons (Fsp3) is 0.423. The molecule has 35 heavy (non-hydrogen) atoms. The Morgan fingerprint density at radius 1 is 1.09 bits per heavy atom. The summed E-state index contributed by atoms with van der Waals surface area (Å²) in [5.41, 5.74) is 8.03. The van der Waals surface area contributed by atoms with E-state index in [4.69, 9.17) is 15.7 Å². The van der Waals surface area contributed by atoms with Gasteiger partial charge in [-0.2, -0.15) is 5.26 Å². The van der Waals surface area contributed by atoms with Gasteiger partial charge in [-0.25, -0.2) is 0 Å². The minimum atomic E-state index is -0.206. The van der Waals surface area contributed by atoms with Crippen molar-refractivity contribution >= 4 is 17.6 Å². The molecule has 1 aliphatic heterocycles. The Labute approximate surface area is 207 Å². The SMILES string of the molecule is N#CNC(=NCCCOc1cccc(CN2CCCCC2)c1)NCCNC(=O)c1cccc(N)c1. The van der Waals surface area contributed by atoms with Crippen LogP contribution in [0.2, 0.25) is 0 Å². The molecular weight excluding hydrogens is 442 g/mol. The number of ether oxygens (including phenoxy) is 1. The Morgan fingerprint density at radius 2 is 1.89 bits per heavy atom. The van der Waals surface area contributed by atoms with E-state index in [1.807, 2.05) is 18.3 Å². The van der Waals surface area contributed by atoms with Crippen LogP contribution in [0.15, 0.2) is 53.5 Å². The molecule has 1 saturated heterocycles. The molecule has 5 N–H and O–H groups in total. The van der Waals surface area contributed by atoms with Crippen LogP contribution in [0.3, 0.4) is 0 Å². The van der Waals surface area contributed by atoms with Crippen LogP contribution >= 0.6 is 0 Å². The van der Waals surface area contributed by atoms with Gasteiger partial charge in [0.2, 0.25) is 5.96 Å². The van der Waals surface area contributed by atoms with Crippen LogP contribution in [0.1, 0.15) is 41.6 Å². The summed E-state index contributed by atoms with van der Waals surface area (Å²) in [5, 5.41) is 17.3. The molecule has 0 aromatic heterocycles. The summed E-state index contributed by atoms with van der Waals surface area (Å²) in [4.78, 5) is 19.0. The van der Waals surface area contributed by atoms with Gasteiger partial charge >= 0.3 is 0 Å². The van der Waals surface area contributed by atoms with Crippen molar-refractivity contribution in [3.63, 3.8) is 0 Å². The lowest BCUT2D eigenvalue weighted by Crippen LogP contribution is -2.40. The molecule has 9 nitrogen and oxygen atoms in total. The number of aliphatic imine (C=N–C) groups is 1. The van der Waals surface area contributed by atoms with Crippen LogP contribution in [0.5, 0.6) is 5.75 Å². The lowest BCUT2D eigenvalue weighted by molar-refractivity contribution is 0.0954. The smallest absolute Gasteiger partial charge is 0.251 e. The van der Waals surface area contributed by atoms with Gasteiger partial charge in [-0.1, -0.05) is 24.6 Å². The summed E-state index contributed by atoms with van der Waals surface area (Å²) in [5.74, 6) is 1.03. The molecule has 3 rings (SSSR count). The molecule has 1 heterocycles. The number of nitrogens with zero attached hydrogens (tertiary/aromatic N) is 3. The van der Waals surface area contributed by atoms with Gasteiger partial charge in [0, 0.05) is 43.9 Å². The van der Waals surface area contributed by atoms with Crippen molar-refractivity contribution in [3.05, 3.63) is 59.7 Å². The second-order valence-electron chi connectivity index (χ2n) is 8.46. The summed E-state index contributed by atoms with van der Waals surface area (Å²) in [7, 11) is 0. The van der Waals surface area contributed by atoms with Crippen LogP contribution in [0.25, 0.3) is 0 Å². The summed E-state index contributed by atoms with van der Waals surface area (Å²) in [6.45, 7) is 5.14. The predicted molar refractivity (Wildman–Crippen MR) is 138 cm³/mol. The van der Waals surface area contributed by atoms with Crippen molar-refractivity contribution in [2.24, 2.45) is 4.99 Å². The zero-order chi connectivity index (χ0) is 24.7. The van der Waals surface area contributed by atoms with Crippen molar-refractivity contribution in [3.8, 4) is 11.9 Å². The second-order valence-corrected chi connectivity index (χ2v) is 8.46. The van der Waals surface area contributed by atoms with Crippen LogP contribution < -0.4 is 26.4 Å². The fourth-order valence-electron chi connectivity index (χ4n) is 3.89. The van der Waals surface area contributed by atoms with Crippen LogP contribution in [0.4, 0.5) is 5.69 Å². The molecule has 0 bridgehead atoms. The Bertz CT molecular complexity index is 1010. The monoisotopic (exact) mass is 477 g/mol. The molecule has 1 amide bonds. The molecule has 0 spiro atoms. The molecular formula is C26H35N7O2. The summed E-state index contributed by atoms with van der Waals surface area (Å²) in [6, 6.07) is 15.1. The average Bonchev–Trinajstić information content (AvgIpc) is 2.87. The highest BCUT2D eigenvalue weighted by molar-refractivity contribution is 5.95. The largest absolute Gasteiger partial charge is 0.494 e. The molecule has 1 fully saturated rings. The number of anilines is 1. The molecule has 0 saturated carbocycles. The highest BCUT2D eigenvalue weighted by atomic mass is 16.5. The molecule has 1 aliphatic rings. The summed E-state index contributed by atoms with van der Waals surface area (Å²) < 4.78 is 5.90. The molecule has 9 heteroatoms. The van der Waals surface area contributed by atoms with E-state index in [0.717, 1.165) is 12.3 Å². The molecule has 2 aromatic rings. The number of amides is 1. The fourth-order valence-corrected chi connectivity index (χ4v) is 3.89. The maximum atomic E-state index is 12.1. The quantitative estimate of drug-likeness (QED) is 0.0977. The van der Waals surface area contributed by atoms with E-state index in [-0.39, 0.29) is 5.91 Å². The van der Waals surface area contributed by atoms with Gasteiger partial charge in [-0.15, -0.1) is 0 Å². The number of nitrogens with two attached hydrogens (primary N) is 1. The van der Waals surface area contributed by atoms with Gasteiger partial charge in [0.25, 0.3) is 5.91 Å². The Kier molecular flexibility index (Phi) is 10.7. The lowest BCUT2D eigenvalue weighted by Gasteiger charge is -2.26. The second kappa shape index (κ2) is 14.5. The number of nitrogen functional groups attached to an aromatic ring is 1. The van der Waals surface area contributed by atoms with E-state index in [1.54, 1.807) is 24.3 Å². The van der Waals surface area contributed by atoms with Crippen LogP contribution in [-0.4, -0.2) is 56.1 Å². The molecule has 0 aliphatic carbocycles. The summed E-state index contributed by atoms with van der Waals surface area (Å²) >= 11 is 0. The Morgan fingerprint density at radius 3 is 2.69 bits per heavy atom. The zero-order valence-corrected chi connectivity index (χ0v) is 20.1. The Balaban J connectivity index is 1.34. The number of nitriles is 1. The highest BCUT2D eigenvalue weighted by Crippen LogP contribution is 2.17. The minimum Gasteiger partial charge on any atom is -0.494 e. The number of guanidine groups is 1. The molecule has 0 radical (unpaired) electrons. The zero-order valence-electron chi connectivity index (χ0n) is 20.1. The van der Waals surface area contributed by atoms with E-state index in [1.165, 1.54) is 37.9 Å². The van der Waals surface area contributed by atoms with Crippen molar-refractivity contribution in [2.45, 2.75) is 32.2 Å². The van der Waals surface area contributed by atoms with Gasteiger partial charge < -0.3 is 21.1 Å². The standard InChI is InChI=1S/C26H35N7O2/c27-20-32-26(31-13-12-29-25(34)22-8-5-9-23(28)18-22)30-11-6-16-35-24-10-4-7-21(17-24)19-33-14-2-1-3-15-33/h4-5,7-10,17-18H,1-3,6,11-16,19,28H2,(H,29,34)(H2,30,31,32). The number of benzene rings is 2. The number of nitrogens with one attached hydrogen (secondary N) is 3. The maximum Gasteiger partial charge on any atom is 0.251 e. The first-order valence-corrected chi connectivity index (χ1v) is 12.2. The van der Waals surface area contributed by atoms with Crippen molar-refractivity contribution < 1.29 is 9.53 Å². The number of hydrogen-bond donors (Lipinski definition) is 4. The number of piperidine rings is 1. The first kappa shape index (κ1) is 25.8. The molecule has 0 atom stereocenters. The van der Waals surface area contributed by atoms with Crippen LogP contribution in [0, 0.1) is 11.5 Å². The number of likely N-dealkylation sites (tertiary alicyclic amines) is 1. The van der Waals surface area contributed by atoms with Gasteiger partial charge in [0.05, 0.1) is 6.61 Å².